The van der Waals surface area contributed by atoms with Crippen molar-refractivity contribution in [2.24, 2.45) is 17.2 Å². The minimum Gasteiger partial charge on any atom is -0.497 e. The van der Waals surface area contributed by atoms with E-state index in [-0.39, 0.29) is 23.1 Å². The van der Waals surface area contributed by atoms with Crippen LogP contribution in [-0.4, -0.2) is 49.4 Å². The van der Waals surface area contributed by atoms with Crippen molar-refractivity contribution >= 4 is 23.5 Å². The Kier molecular flexibility index (Phi) is 13.1. The van der Waals surface area contributed by atoms with Crippen LogP contribution >= 0.6 is 0 Å². The number of ether oxygens (including phenoxy) is 3. The zero-order valence-electron chi connectivity index (χ0n) is 22.8. The Morgan fingerprint density at radius 3 is 1.95 bits per heavy atom. The first-order valence-corrected chi connectivity index (χ1v) is 11.8. The maximum atomic E-state index is 12.9. The second kappa shape index (κ2) is 16.0. The number of carbonyl (C=O) groups is 1. The van der Waals surface area contributed by atoms with Crippen LogP contribution in [0, 0.1) is 29.0 Å². The molecule has 0 heterocycles. The molecule has 10 N–H and O–H groups in total. The summed E-state index contributed by atoms with van der Waals surface area (Å²) in [6.45, 7) is 3.73. The minimum atomic E-state index is -1.07. The topological polar surface area (TPSA) is 215 Å². The lowest BCUT2D eigenvalue weighted by Gasteiger charge is -2.10. The highest BCUT2D eigenvalue weighted by Gasteiger charge is 2.09. The molecule has 0 bridgehead atoms. The zero-order chi connectivity index (χ0) is 30.4. The van der Waals surface area contributed by atoms with Crippen molar-refractivity contribution < 1.29 is 28.5 Å². The first kappa shape index (κ1) is 32.9. The highest BCUT2D eigenvalue weighted by molar-refractivity contribution is 5.96. The number of carboxylic acid groups (broad SMARTS) is 1. The molecule has 0 fully saturated rings. The highest BCUT2D eigenvalue weighted by Crippen LogP contribution is 2.27. The number of aliphatic carboxylic acids is 1. The van der Waals surface area contributed by atoms with Crippen molar-refractivity contribution in [3.63, 3.8) is 0 Å². The molecule has 11 nitrogen and oxygen atoms in total. The smallest absolute Gasteiger partial charge is 0.341 e. The molecule has 3 rings (SSSR count). The molecule has 0 aliphatic heterocycles. The summed E-state index contributed by atoms with van der Waals surface area (Å²) in [7, 11) is 2.89. The summed E-state index contributed by atoms with van der Waals surface area (Å²) >= 11 is 0. The van der Waals surface area contributed by atoms with Gasteiger partial charge in [0.05, 0.1) is 19.8 Å². The van der Waals surface area contributed by atoms with Crippen LogP contribution in [0.15, 0.2) is 54.6 Å². The molecule has 3 aromatic carbocycles. The number of nitrogen functional groups attached to an aromatic ring is 3. The average molecular weight is 555 g/mol. The maximum absolute atomic E-state index is 12.9. The van der Waals surface area contributed by atoms with Gasteiger partial charge in [-0.3, -0.25) is 16.2 Å². The van der Waals surface area contributed by atoms with E-state index in [1.807, 2.05) is 18.2 Å². The molecule has 0 aromatic heterocycles. The summed E-state index contributed by atoms with van der Waals surface area (Å²) in [5.74, 6) is -0.703. The fraction of sp³-hybridized carbons (Fsp3) is 0.214. The van der Waals surface area contributed by atoms with Crippen LogP contribution in [0.2, 0.25) is 0 Å². The molecular formula is C28H35FN6O5. The van der Waals surface area contributed by atoms with Gasteiger partial charge in [-0.1, -0.05) is 19.1 Å². The monoisotopic (exact) mass is 554 g/mol. The fourth-order valence-corrected chi connectivity index (χ4v) is 3.15. The van der Waals surface area contributed by atoms with Crippen LogP contribution in [0.3, 0.4) is 0 Å². The lowest BCUT2D eigenvalue weighted by Crippen LogP contribution is -2.13. The van der Waals surface area contributed by atoms with Crippen LogP contribution in [0.25, 0.3) is 0 Å². The van der Waals surface area contributed by atoms with Gasteiger partial charge >= 0.3 is 5.97 Å². The van der Waals surface area contributed by atoms with E-state index in [0.717, 1.165) is 12.0 Å². The molecule has 12 heteroatoms. The van der Waals surface area contributed by atoms with E-state index < -0.39 is 18.4 Å². The minimum absolute atomic E-state index is 0.0642. The number of amidine groups is 3. The van der Waals surface area contributed by atoms with Gasteiger partial charge in [-0.25, -0.2) is 9.18 Å². The molecule has 0 saturated carbocycles. The Morgan fingerprint density at radius 2 is 1.45 bits per heavy atom. The molecule has 214 valence electrons. The van der Waals surface area contributed by atoms with E-state index >= 15 is 0 Å². The molecular weight excluding hydrogens is 519 g/mol. The number of nitrogens with one attached hydrogen (secondary N) is 3. The van der Waals surface area contributed by atoms with E-state index in [1.165, 1.54) is 55.7 Å². The molecule has 0 aliphatic rings. The zero-order valence-corrected chi connectivity index (χ0v) is 22.8. The van der Waals surface area contributed by atoms with E-state index in [1.54, 1.807) is 6.07 Å². The normalized spacial score (nSPS) is 9.62. The van der Waals surface area contributed by atoms with Gasteiger partial charge in [-0.2, -0.15) is 0 Å². The molecule has 0 aliphatic carbocycles. The molecule has 0 amide bonds. The molecule has 0 spiro atoms. The van der Waals surface area contributed by atoms with Crippen LogP contribution in [0.5, 0.6) is 17.2 Å². The number of halogens is 1. The van der Waals surface area contributed by atoms with Crippen LogP contribution < -0.4 is 31.4 Å². The predicted molar refractivity (Wildman–Crippen MR) is 153 cm³/mol. The van der Waals surface area contributed by atoms with Gasteiger partial charge < -0.3 is 36.5 Å². The largest absolute Gasteiger partial charge is 0.497 e. The van der Waals surface area contributed by atoms with Gasteiger partial charge in [0.1, 0.15) is 29.1 Å². The number of hydrogen-bond acceptors (Lipinski definition) is 7. The van der Waals surface area contributed by atoms with Crippen LogP contribution in [0.1, 0.15) is 34.7 Å². The SMILES string of the molecule is CCc1cc(C(=N)N)ccc1C.COc1cc(C(=N)N)ccc1OCC(=O)O.COc1ccc(F)c(C(=N)N)c1. The first-order valence-electron chi connectivity index (χ1n) is 11.8. The number of carboxylic acids is 1. The Bertz CT molecular complexity index is 1360. The van der Waals surface area contributed by atoms with E-state index in [9.17, 15) is 9.18 Å². The predicted octanol–water partition coefficient (Wildman–Crippen LogP) is 3.40. The molecule has 0 atom stereocenters. The van der Waals surface area contributed by atoms with Crippen LogP contribution in [-0.2, 0) is 11.2 Å². The third-order valence-electron chi connectivity index (χ3n) is 5.33. The summed E-state index contributed by atoms with van der Waals surface area (Å²) in [4.78, 5) is 10.3. The molecule has 3 aromatic rings. The molecule has 0 saturated heterocycles. The van der Waals surface area contributed by atoms with Crippen molar-refractivity contribution in [1.29, 1.82) is 16.2 Å². The van der Waals surface area contributed by atoms with Crippen molar-refractivity contribution in [3.05, 3.63) is 88.2 Å². The van der Waals surface area contributed by atoms with Gasteiger partial charge in [-0.15, -0.1) is 0 Å². The average Bonchev–Trinajstić information content (AvgIpc) is 2.92. The number of hydrogen-bond donors (Lipinski definition) is 7. The second-order valence-corrected chi connectivity index (χ2v) is 8.13. The van der Waals surface area contributed by atoms with E-state index in [4.69, 9.17) is 52.7 Å². The van der Waals surface area contributed by atoms with Gasteiger partial charge in [0.15, 0.2) is 18.1 Å². The van der Waals surface area contributed by atoms with Crippen LogP contribution in [0.4, 0.5) is 4.39 Å². The van der Waals surface area contributed by atoms with E-state index in [2.05, 4.69) is 13.8 Å². The quantitative estimate of drug-likeness (QED) is 0.153. The van der Waals surface area contributed by atoms with Gasteiger partial charge in [0.2, 0.25) is 0 Å². The summed E-state index contributed by atoms with van der Waals surface area (Å²) < 4.78 is 27.7. The summed E-state index contributed by atoms with van der Waals surface area (Å²) in [6.07, 6.45) is 0.993. The van der Waals surface area contributed by atoms with Crippen molar-refractivity contribution in [1.82, 2.24) is 0 Å². The summed E-state index contributed by atoms with van der Waals surface area (Å²) in [5.41, 5.74) is 19.7. The number of rotatable bonds is 9. The Hall–Kier alpha value is -5.13. The van der Waals surface area contributed by atoms with E-state index in [0.29, 0.717) is 22.8 Å². The van der Waals surface area contributed by atoms with Crippen molar-refractivity contribution in [3.8, 4) is 17.2 Å². The summed E-state index contributed by atoms with van der Waals surface area (Å²) in [5, 5.41) is 30.0. The Labute approximate surface area is 232 Å². The number of benzene rings is 3. The highest BCUT2D eigenvalue weighted by atomic mass is 19.1. The van der Waals surface area contributed by atoms with Crippen molar-refractivity contribution in [2.75, 3.05) is 20.8 Å². The van der Waals surface area contributed by atoms with Gasteiger partial charge in [-0.05, 0) is 66.9 Å². The van der Waals surface area contributed by atoms with Crippen molar-refractivity contribution in [2.45, 2.75) is 20.3 Å². The molecule has 40 heavy (non-hydrogen) atoms. The molecule has 0 radical (unpaired) electrons. The number of aryl methyl sites for hydroxylation is 2. The molecule has 0 unspecified atom stereocenters. The fourth-order valence-electron chi connectivity index (χ4n) is 3.15. The maximum Gasteiger partial charge on any atom is 0.341 e. The van der Waals surface area contributed by atoms with Gasteiger partial charge in [0, 0.05) is 11.1 Å². The lowest BCUT2D eigenvalue weighted by atomic mass is 10.0. The number of methoxy groups -OCH3 is 2. The standard InChI is InChI=1S/C10H12N2O4.C10H14N2.C8H9FN2O/c1-15-8-4-6(10(11)12)2-3-7(8)16-5-9(13)14;1-3-8-6-9(10(11)12)5-4-7(8)2;1-12-5-2-3-7(9)6(4-5)8(10)11/h2-4H,5H2,1H3,(H3,11,12)(H,13,14);4-6H,3H2,1-2H3,(H3,11,12);2-4H,1H3,(H3,10,11). The third-order valence-corrected chi connectivity index (χ3v) is 5.33. The third kappa shape index (κ3) is 10.3. The number of nitrogens with two attached hydrogens (primary N) is 3. The summed E-state index contributed by atoms with van der Waals surface area (Å²) in [6, 6.07) is 14.5. The first-order chi connectivity index (χ1) is 18.8. The lowest BCUT2D eigenvalue weighted by molar-refractivity contribution is -0.139. The second-order valence-electron chi connectivity index (χ2n) is 8.13. The Balaban J connectivity index is 0.000000305. The van der Waals surface area contributed by atoms with Gasteiger partial charge in [0.25, 0.3) is 0 Å². The Morgan fingerprint density at radius 1 is 0.850 bits per heavy atom.